The smallest absolute Gasteiger partial charge is 0.320 e. The first-order valence-electron chi connectivity index (χ1n) is 3.38. The van der Waals surface area contributed by atoms with Gasteiger partial charge in [-0.25, -0.2) is 4.39 Å². The van der Waals surface area contributed by atoms with Gasteiger partial charge in [-0.2, -0.15) is 0 Å². The molecule has 0 spiro atoms. The zero-order valence-electron chi connectivity index (χ0n) is 6.98. The van der Waals surface area contributed by atoms with E-state index in [2.05, 4.69) is 0 Å². The van der Waals surface area contributed by atoms with E-state index in [1.807, 2.05) is 0 Å². The monoisotopic (exact) mass is 236 g/mol. The maximum Gasteiger partial charge on any atom is 0.320 e. The molecular weight excluding hydrogens is 222 g/mol. The molecular formula is C6H15Cl2FN2O2. The Morgan fingerprint density at radius 3 is 2.08 bits per heavy atom. The van der Waals surface area contributed by atoms with Crippen LogP contribution in [0.1, 0.15) is 12.8 Å². The lowest BCUT2D eigenvalue weighted by atomic mass is 10.1. The molecule has 2 atom stereocenters. The van der Waals surface area contributed by atoms with E-state index >= 15 is 0 Å². The molecule has 0 heterocycles. The Hall–Kier alpha value is -0.100. The Balaban J connectivity index is -0.000000500. The summed E-state index contributed by atoms with van der Waals surface area (Å²) in [5, 5.41) is 8.31. The molecule has 0 saturated heterocycles. The van der Waals surface area contributed by atoms with Crippen molar-refractivity contribution in [1.82, 2.24) is 0 Å². The van der Waals surface area contributed by atoms with Gasteiger partial charge in [0.25, 0.3) is 0 Å². The predicted octanol–water partition coefficient (Wildman–Crippen LogP) is 0.319. The molecule has 0 aromatic rings. The highest BCUT2D eigenvalue weighted by molar-refractivity contribution is 5.85. The lowest BCUT2D eigenvalue weighted by Gasteiger charge is -2.08. The second kappa shape index (κ2) is 9.98. The summed E-state index contributed by atoms with van der Waals surface area (Å²) in [5.41, 5.74) is 10.3. The van der Waals surface area contributed by atoms with Crippen LogP contribution in [0.25, 0.3) is 0 Å². The summed E-state index contributed by atoms with van der Waals surface area (Å²) >= 11 is 0. The molecule has 4 nitrogen and oxygen atoms in total. The Morgan fingerprint density at radius 1 is 1.31 bits per heavy atom. The molecule has 0 amide bonds. The number of carboxylic acids is 1. The number of carbonyl (C=O) groups is 1. The van der Waals surface area contributed by atoms with Crippen LogP contribution >= 0.6 is 24.8 Å². The van der Waals surface area contributed by atoms with Crippen LogP contribution in [0.3, 0.4) is 0 Å². The third-order valence-corrected chi connectivity index (χ3v) is 1.36. The van der Waals surface area contributed by atoms with Gasteiger partial charge in [-0.15, -0.1) is 24.8 Å². The van der Waals surface area contributed by atoms with Gasteiger partial charge < -0.3 is 16.6 Å². The molecule has 0 radical (unpaired) electrons. The van der Waals surface area contributed by atoms with E-state index < -0.39 is 24.7 Å². The molecule has 0 aliphatic heterocycles. The van der Waals surface area contributed by atoms with Crippen molar-refractivity contribution in [3.05, 3.63) is 0 Å². The average molecular weight is 237 g/mol. The molecule has 2 unspecified atom stereocenters. The topological polar surface area (TPSA) is 89.3 Å². The maximum absolute atomic E-state index is 11.7. The third-order valence-electron chi connectivity index (χ3n) is 1.36. The van der Waals surface area contributed by atoms with Crippen LogP contribution in [0.15, 0.2) is 0 Å². The van der Waals surface area contributed by atoms with Crippen LogP contribution in [0.2, 0.25) is 0 Å². The van der Waals surface area contributed by atoms with Gasteiger partial charge in [0.05, 0.1) is 0 Å². The van der Waals surface area contributed by atoms with Crippen molar-refractivity contribution in [2.45, 2.75) is 24.9 Å². The maximum atomic E-state index is 11.7. The van der Waals surface area contributed by atoms with Gasteiger partial charge >= 0.3 is 5.97 Å². The van der Waals surface area contributed by atoms with Crippen LogP contribution in [0, 0.1) is 0 Å². The summed E-state index contributed by atoms with van der Waals surface area (Å²) in [6.45, 7) is -0.633. The van der Waals surface area contributed by atoms with Gasteiger partial charge in [-0.1, -0.05) is 0 Å². The highest BCUT2D eigenvalue weighted by atomic mass is 35.5. The summed E-state index contributed by atoms with van der Waals surface area (Å²) in [4.78, 5) is 10.1. The second-order valence-electron chi connectivity index (χ2n) is 2.44. The molecule has 0 bridgehead atoms. The quantitative estimate of drug-likeness (QED) is 0.642. The number of hydrogen-bond donors (Lipinski definition) is 3. The van der Waals surface area contributed by atoms with Gasteiger partial charge in [-0.3, -0.25) is 4.79 Å². The van der Waals surface area contributed by atoms with Gasteiger partial charge in [0.15, 0.2) is 0 Å². The molecule has 13 heavy (non-hydrogen) atoms. The highest BCUT2D eigenvalue weighted by Gasteiger charge is 2.12. The first-order chi connectivity index (χ1) is 5.07. The fourth-order valence-corrected chi connectivity index (χ4v) is 0.594. The van der Waals surface area contributed by atoms with E-state index in [0.29, 0.717) is 6.42 Å². The molecule has 0 aliphatic rings. The van der Waals surface area contributed by atoms with E-state index in [9.17, 15) is 9.18 Å². The Labute approximate surface area is 88.7 Å². The van der Waals surface area contributed by atoms with Crippen LogP contribution in [0.4, 0.5) is 4.39 Å². The first kappa shape index (κ1) is 18.6. The van der Waals surface area contributed by atoms with E-state index in [-0.39, 0.29) is 31.2 Å². The van der Waals surface area contributed by atoms with Crippen LogP contribution < -0.4 is 11.5 Å². The van der Waals surface area contributed by atoms with Gasteiger partial charge in [0.1, 0.15) is 12.7 Å². The largest absolute Gasteiger partial charge is 0.480 e. The van der Waals surface area contributed by atoms with E-state index in [4.69, 9.17) is 16.6 Å². The van der Waals surface area contributed by atoms with Crippen molar-refractivity contribution in [2.75, 3.05) is 6.67 Å². The average Bonchev–Trinajstić information content (AvgIpc) is 1.99. The number of rotatable bonds is 5. The molecule has 0 aromatic carbocycles. The molecule has 0 aliphatic carbocycles. The van der Waals surface area contributed by atoms with Gasteiger partial charge in [-0.05, 0) is 12.8 Å². The summed E-state index contributed by atoms with van der Waals surface area (Å²) in [7, 11) is 0. The minimum absolute atomic E-state index is 0. The Bertz CT molecular complexity index is 140. The Kier molecular flexibility index (Phi) is 14.3. The molecule has 0 saturated carbocycles. The van der Waals surface area contributed by atoms with Gasteiger partial charge in [0, 0.05) is 6.04 Å². The summed E-state index contributed by atoms with van der Waals surface area (Å²) in [6, 6.07) is -1.51. The SMILES string of the molecule is Cl.Cl.NC(CF)CCC(N)C(=O)O. The van der Waals surface area contributed by atoms with E-state index in [1.54, 1.807) is 0 Å². The zero-order chi connectivity index (χ0) is 8.85. The second-order valence-corrected chi connectivity index (χ2v) is 2.44. The molecule has 0 rings (SSSR count). The first-order valence-corrected chi connectivity index (χ1v) is 3.38. The van der Waals surface area contributed by atoms with Crippen LogP contribution in [-0.2, 0) is 4.79 Å². The minimum Gasteiger partial charge on any atom is -0.480 e. The fraction of sp³-hybridized carbons (Fsp3) is 0.833. The van der Waals surface area contributed by atoms with Crippen molar-refractivity contribution in [1.29, 1.82) is 0 Å². The van der Waals surface area contributed by atoms with Gasteiger partial charge in [0.2, 0.25) is 0 Å². The molecule has 0 fully saturated rings. The van der Waals surface area contributed by atoms with E-state index in [0.717, 1.165) is 0 Å². The van der Waals surface area contributed by atoms with E-state index in [1.165, 1.54) is 0 Å². The number of alkyl halides is 1. The number of nitrogens with two attached hydrogens (primary N) is 2. The standard InChI is InChI=1S/C6H13FN2O2.2ClH/c7-3-4(8)1-2-5(9)6(10)11;;/h4-5H,1-3,8-9H2,(H,10,11);2*1H. The molecule has 82 valence electrons. The number of hydrogen-bond acceptors (Lipinski definition) is 3. The van der Waals surface area contributed by atoms with Crippen LogP contribution in [0.5, 0.6) is 0 Å². The highest BCUT2D eigenvalue weighted by Crippen LogP contribution is 1.98. The van der Waals surface area contributed by atoms with Crippen molar-refractivity contribution in [3.63, 3.8) is 0 Å². The normalized spacial score (nSPS) is 13.5. The molecule has 0 aromatic heterocycles. The van der Waals surface area contributed by atoms with Crippen molar-refractivity contribution in [3.8, 4) is 0 Å². The van der Waals surface area contributed by atoms with Crippen LogP contribution in [-0.4, -0.2) is 29.8 Å². The zero-order valence-corrected chi connectivity index (χ0v) is 8.61. The Morgan fingerprint density at radius 2 is 1.77 bits per heavy atom. The number of carboxylic acid groups (broad SMARTS) is 1. The van der Waals surface area contributed by atoms with Crippen molar-refractivity contribution >= 4 is 30.8 Å². The number of aliphatic carboxylic acids is 1. The molecule has 5 N–H and O–H groups in total. The minimum atomic E-state index is -1.07. The lowest BCUT2D eigenvalue weighted by molar-refractivity contribution is -0.138. The predicted molar refractivity (Wildman–Crippen MR) is 53.3 cm³/mol. The molecule has 7 heteroatoms. The summed E-state index contributed by atoms with van der Waals surface area (Å²) < 4.78 is 11.7. The summed E-state index contributed by atoms with van der Waals surface area (Å²) in [6.07, 6.45) is 0.532. The lowest BCUT2D eigenvalue weighted by Crippen LogP contribution is -2.33. The number of halogens is 3. The summed E-state index contributed by atoms with van der Waals surface area (Å²) in [5.74, 6) is -1.07. The van der Waals surface area contributed by atoms with Crippen molar-refractivity contribution in [2.24, 2.45) is 11.5 Å². The fourth-order valence-electron chi connectivity index (χ4n) is 0.594. The van der Waals surface area contributed by atoms with Crippen molar-refractivity contribution < 1.29 is 14.3 Å². The third kappa shape index (κ3) is 9.82.